The van der Waals surface area contributed by atoms with Crippen molar-refractivity contribution in [1.82, 2.24) is 20.4 Å². The van der Waals surface area contributed by atoms with Crippen LogP contribution in [0.3, 0.4) is 0 Å². The summed E-state index contributed by atoms with van der Waals surface area (Å²) in [6.45, 7) is 3.01. The molecule has 6 heteroatoms. The van der Waals surface area contributed by atoms with E-state index in [9.17, 15) is 0 Å². The summed E-state index contributed by atoms with van der Waals surface area (Å²) in [5.74, 6) is 0. The van der Waals surface area contributed by atoms with E-state index in [4.69, 9.17) is 11.6 Å². The first-order valence-corrected chi connectivity index (χ1v) is 5.52. The first kappa shape index (κ1) is 13.6. The van der Waals surface area contributed by atoms with Crippen LogP contribution in [0.2, 0.25) is 5.15 Å². The zero-order valence-corrected chi connectivity index (χ0v) is 10.8. The van der Waals surface area contributed by atoms with E-state index in [0.29, 0.717) is 11.2 Å². The third-order valence-corrected chi connectivity index (χ3v) is 2.96. The minimum atomic E-state index is 0. The zero-order chi connectivity index (χ0) is 10.7. The highest BCUT2D eigenvalue weighted by atomic mass is 35.5. The predicted octanol–water partition coefficient (Wildman–Crippen LogP) is 1.35. The highest BCUT2D eigenvalue weighted by Gasteiger charge is 2.19. The van der Waals surface area contributed by atoms with E-state index in [2.05, 4.69) is 27.5 Å². The van der Waals surface area contributed by atoms with Crippen molar-refractivity contribution in [3.05, 3.63) is 23.0 Å². The van der Waals surface area contributed by atoms with Crippen molar-refractivity contribution in [2.75, 3.05) is 20.1 Å². The molecule has 1 aliphatic heterocycles. The molecule has 1 unspecified atom stereocenters. The highest BCUT2D eigenvalue weighted by Crippen LogP contribution is 2.10. The number of likely N-dealkylation sites (N-methyl/N-ethyl adjacent to an activating group) is 1. The van der Waals surface area contributed by atoms with E-state index in [1.165, 1.54) is 6.42 Å². The minimum absolute atomic E-state index is 0. The normalized spacial score (nSPS) is 19.8. The third kappa shape index (κ3) is 3.56. The lowest BCUT2D eigenvalue weighted by molar-refractivity contribution is 0.245. The van der Waals surface area contributed by atoms with E-state index in [0.717, 1.165) is 25.3 Å². The molecule has 1 atom stereocenters. The fourth-order valence-electron chi connectivity index (χ4n) is 1.83. The lowest BCUT2D eigenvalue weighted by Gasteiger charge is -2.22. The molecule has 2 heterocycles. The molecule has 0 aliphatic carbocycles. The molecular formula is C10H16Cl2N4. The Morgan fingerprint density at radius 3 is 2.88 bits per heavy atom. The molecule has 0 spiro atoms. The molecule has 0 bridgehead atoms. The Balaban J connectivity index is 0.00000128. The Kier molecular flexibility index (Phi) is 5.41. The maximum Gasteiger partial charge on any atom is 0.151 e. The topological polar surface area (TPSA) is 41.1 Å². The molecule has 0 radical (unpaired) electrons. The van der Waals surface area contributed by atoms with Gasteiger partial charge >= 0.3 is 0 Å². The lowest BCUT2D eigenvalue weighted by Crippen LogP contribution is -2.33. The van der Waals surface area contributed by atoms with Crippen LogP contribution in [0, 0.1) is 0 Å². The first-order valence-electron chi connectivity index (χ1n) is 5.15. The van der Waals surface area contributed by atoms with Crippen molar-refractivity contribution < 1.29 is 0 Å². The van der Waals surface area contributed by atoms with Crippen molar-refractivity contribution in [3.8, 4) is 0 Å². The SMILES string of the molecule is CN(Cc1ccc(Cl)nn1)C1CCNC1.Cl. The number of halogens is 2. The standard InChI is InChI=1S/C10H15ClN4.ClH/c1-15(9-4-5-12-6-9)7-8-2-3-10(11)14-13-8;/h2-3,9,12H,4-7H2,1H3;1H. The fraction of sp³-hybridized carbons (Fsp3) is 0.600. The molecule has 0 saturated carbocycles. The van der Waals surface area contributed by atoms with Crippen LogP contribution in [0.25, 0.3) is 0 Å². The Morgan fingerprint density at radius 1 is 1.50 bits per heavy atom. The van der Waals surface area contributed by atoms with Crippen LogP contribution in [-0.4, -0.2) is 41.3 Å². The van der Waals surface area contributed by atoms with Gasteiger partial charge in [0.2, 0.25) is 0 Å². The van der Waals surface area contributed by atoms with Gasteiger partial charge in [-0.05, 0) is 32.1 Å². The first-order chi connectivity index (χ1) is 7.25. The van der Waals surface area contributed by atoms with Crippen LogP contribution >= 0.6 is 24.0 Å². The fourth-order valence-corrected chi connectivity index (χ4v) is 1.93. The molecule has 0 amide bonds. The van der Waals surface area contributed by atoms with Crippen LogP contribution in [0.1, 0.15) is 12.1 Å². The summed E-state index contributed by atoms with van der Waals surface area (Å²) in [5, 5.41) is 11.7. The minimum Gasteiger partial charge on any atom is -0.315 e. The van der Waals surface area contributed by atoms with Crippen molar-refractivity contribution in [1.29, 1.82) is 0 Å². The Hall–Kier alpha value is -0.420. The molecule has 1 saturated heterocycles. The number of hydrogen-bond acceptors (Lipinski definition) is 4. The van der Waals surface area contributed by atoms with Gasteiger partial charge in [-0.2, -0.15) is 5.10 Å². The van der Waals surface area contributed by atoms with Crippen molar-refractivity contribution in [3.63, 3.8) is 0 Å². The molecule has 4 nitrogen and oxygen atoms in total. The molecular weight excluding hydrogens is 247 g/mol. The summed E-state index contributed by atoms with van der Waals surface area (Å²) < 4.78 is 0. The summed E-state index contributed by atoms with van der Waals surface area (Å²) in [7, 11) is 2.12. The molecule has 16 heavy (non-hydrogen) atoms. The zero-order valence-electron chi connectivity index (χ0n) is 9.19. The number of nitrogens with one attached hydrogen (secondary N) is 1. The highest BCUT2D eigenvalue weighted by molar-refractivity contribution is 6.29. The van der Waals surface area contributed by atoms with E-state index < -0.39 is 0 Å². The number of rotatable bonds is 3. The van der Waals surface area contributed by atoms with Crippen LogP contribution in [0.15, 0.2) is 12.1 Å². The van der Waals surface area contributed by atoms with Gasteiger partial charge in [-0.3, -0.25) is 4.90 Å². The van der Waals surface area contributed by atoms with E-state index >= 15 is 0 Å². The van der Waals surface area contributed by atoms with Gasteiger partial charge in [0.15, 0.2) is 5.15 Å². The summed E-state index contributed by atoms with van der Waals surface area (Å²) >= 11 is 5.68. The second-order valence-corrected chi connectivity index (χ2v) is 4.30. The smallest absolute Gasteiger partial charge is 0.151 e. The molecule has 1 fully saturated rings. The predicted molar refractivity (Wildman–Crippen MR) is 67.0 cm³/mol. The Morgan fingerprint density at radius 2 is 2.31 bits per heavy atom. The monoisotopic (exact) mass is 262 g/mol. The van der Waals surface area contributed by atoms with Gasteiger partial charge < -0.3 is 5.32 Å². The summed E-state index contributed by atoms with van der Waals surface area (Å²) in [5.41, 5.74) is 0.966. The molecule has 0 aromatic carbocycles. The summed E-state index contributed by atoms with van der Waals surface area (Å²) in [4.78, 5) is 2.30. The van der Waals surface area contributed by atoms with Crippen molar-refractivity contribution in [2.45, 2.75) is 19.0 Å². The Labute approximate surface area is 107 Å². The van der Waals surface area contributed by atoms with Crippen molar-refractivity contribution in [2.24, 2.45) is 0 Å². The maximum atomic E-state index is 5.68. The second kappa shape index (κ2) is 6.35. The number of nitrogens with zero attached hydrogens (tertiary/aromatic N) is 3. The largest absolute Gasteiger partial charge is 0.315 e. The van der Waals surface area contributed by atoms with Crippen LogP contribution in [-0.2, 0) is 6.54 Å². The molecule has 1 N–H and O–H groups in total. The van der Waals surface area contributed by atoms with Gasteiger partial charge in [0, 0.05) is 19.1 Å². The van der Waals surface area contributed by atoms with Crippen LogP contribution < -0.4 is 5.32 Å². The average molecular weight is 263 g/mol. The van der Waals surface area contributed by atoms with Crippen molar-refractivity contribution >= 4 is 24.0 Å². The van der Waals surface area contributed by atoms with Gasteiger partial charge in [0.25, 0.3) is 0 Å². The lowest BCUT2D eigenvalue weighted by atomic mass is 10.2. The molecule has 2 rings (SSSR count). The maximum absolute atomic E-state index is 5.68. The molecule has 1 aromatic heterocycles. The summed E-state index contributed by atoms with van der Waals surface area (Å²) in [6.07, 6.45) is 1.21. The van der Waals surface area contributed by atoms with Gasteiger partial charge in [-0.25, -0.2) is 0 Å². The van der Waals surface area contributed by atoms with Gasteiger partial charge in [0.1, 0.15) is 0 Å². The second-order valence-electron chi connectivity index (χ2n) is 3.91. The summed E-state index contributed by atoms with van der Waals surface area (Å²) in [6, 6.07) is 4.32. The third-order valence-electron chi connectivity index (χ3n) is 2.76. The quantitative estimate of drug-likeness (QED) is 0.893. The van der Waals surface area contributed by atoms with Crippen LogP contribution in [0.4, 0.5) is 0 Å². The van der Waals surface area contributed by atoms with E-state index in [-0.39, 0.29) is 12.4 Å². The average Bonchev–Trinajstić information content (AvgIpc) is 2.74. The van der Waals surface area contributed by atoms with Gasteiger partial charge in [-0.15, -0.1) is 17.5 Å². The van der Waals surface area contributed by atoms with Crippen LogP contribution in [0.5, 0.6) is 0 Å². The Bertz CT molecular complexity index is 311. The molecule has 1 aromatic rings. The number of aromatic nitrogens is 2. The van der Waals surface area contributed by atoms with E-state index in [1.54, 1.807) is 6.07 Å². The number of hydrogen-bond donors (Lipinski definition) is 1. The molecule has 1 aliphatic rings. The van der Waals surface area contributed by atoms with Gasteiger partial charge in [0.05, 0.1) is 5.69 Å². The van der Waals surface area contributed by atoms with E-state index in [1.807, 2.05) is 6.07 Å². The molecule has 90 valence electrons. The van der Waals surface area contributed by atoms with Gasteiger partial charge in [-0.1, -0.05) is 11.6 Å².